The summed E-state index contributed by atoms with van der Waals surface area (Å²) in [6.07, 6.45) is 3.75. The van der Waals surface area contributed by atoms with E-state index in [1.807, 2.05) is 0 Å². The first-order valence-corrected chi connectivity index (χ1v) is 13.3. The molecular weight excluding hydrogens is 530 g/mol. The Morgan fingerprint density at radius 1 is 1.23 bits per heavy atom. The molecule has 0 aliphatic heterocycles. The van der Waals surface area contributed by atoms with Crippen molar-refractivity contribution in [3.05, 3.63) is 58.3 Å². The number of hydrogen-bond donors (Lipinski definition) is 4. The summed E-state index contributed by atoms with van der Waals surface area (Å²) in [5, 5.41) is 31.3. The van der Waals surface area contributed by atoms with E-state index < -0.39 is 22.8 Å². The van der Waals surface area contributed by atoms with Gasteiger partial charge in [-0.3, -0.25) is 9.48 Å². The number of carbonyl (C=O) groups is 1. The SMILES string of the molecule is Cn1cnc(C2CC3CC(O)(c4c(F)c(NCC(C)(C)O)nn4C)CC3C2)c1C(=O)Nc1ccc(F)c(Cl)c1. The molecule has 1 amide bonds. The largest absolute Gasteiger partial charge is 0.389 e. The van der Waals surface area contributed by atoms with Crippen molar-refractivity contribution in [2.24, 2.45) is 25.9 Å². The zero-order valence-electron chi connectivity index (χ0n) is 22.3. The van der Waals surface area contributed by atoms with Crippen molar-refractivity contribution in [3.63, 3.8) is 0 Å². The molecular formula is C27H33ClF2N6O3. The third kappa shape index (κ3) is 5.27. The molecule has 2 aromatic heterocycles. The summed E-state index contributed by atoms with van der Waals surface area (Å²) in [6, 6.07) is 3.99. The number of fused-ring (bicyclic) bond motifs is 1. The van der Waals surface area contributed by atoms with Crippen molar-refractivity contribution in [2.75, 3.05) is 17.2 Å². The summed E-state index contributed by atoms with van der Waals surface area (Å²) in [7, 11) is 3.35. The molecule has 2 unspecified atom stereocenters. The van der Waals surface area contributed by atoms with Crippen LogP contribution in [0.15, 0.2) is 24.5 Å². The Bertz CT molecular complexity index is 1400. The van der Waals surface area contributed by atoms with Crippen molar-refractivity contribution in [1.29, 1.82) is 0 Å². The second kappa shape index (κ2) is 9.87. The molecule has 0 spiro atoms. The number of nitrogens with zero attached hydrogens (tertiary/aromatic N) is 4. The quantitative estimate of drug-likeness (QED) is 0.341. The highest BCUT2D eigenvalue weighted by atomic mass is 35.5. The Hall–Kier alpha value is -3.02. The lowest BCUT2D eigenvalue weighted by Gasteiger charge is -2.25. The van der Waals surface area contributed by atoms with E-state index in [1.54, 1.807) is 38.8 Å². The zero-order valence-corrected chi connectivity index (χ0v) is 23.1. The van der Waals surface area contributed by atoms with Gasteiger partial charge in [0.2, 0.25) is 0 Å². The molecule has 2 atom stereocenters. The number of aromatic nitrogens is 4. The molecule has 0 bridgehead atoms. The van der Waals surface area contributed by atoms with Crippen molar-refractivity contribution < 1.29 is 23.8 Å². The van der Waals surface area contributed by atoms with Gasteiger partial charge in [0.25, 0.3) is 5.91 Å². The molecule has 39 heavy (non-hydrogen) atoms. The minimum Gasteiger partial charge on any atom is -0.389 e. The Kier molecular flexibility index (Phi) is 6.97. The van der Waals surface area contributed by atoms with E-state index in [9.17, 15) is 19.4 Å². The van der Waals surface area contributed by atoms with Gasteiger partial charge in [-0.25, -0.2) is 13.8 Å². The van der Waals surface area contributed by atoms with Gasteiger partial charge < -0.3 is 25.4 Å². The average Bonchev–Trinajstić information content (AvgIpc) is 3.55. The number of aryl methyl sites for hydroxylation is 2. The summed E-state index contributed by atoms with van der Waals surface area (Å²) in [5.41, 5.74) is -0.813. The maximum Gasteiger partial charge on any atom is 0.274 e. The highest BCUT2D eigenvalue weighted by Crippen LogP contribution is 2.57. The van der Waals surface area contributed by atoms with Crippen molar-refractivity contribution in [2.45, 2.75) is 56.7 Å². The van der Waals surface area contributed by atoms with Crippen LogP contribution in [0.1, 0.15) is 67.3 Å². The first kappa shape index (κ1) is 27.5. The maximum absolute atomic E-state index is 15.4. The first-order valence-electron chi connectivity index (χ1n) is 12.9. The van der Waals surface area contributed by atoms with E-state index >= 15 is 4.39 Å². The Labute approximate surface area is 230 Å². The van der Waals surface area contributed by atoms with Gasteiger partial charge >= 0.3 is 0 Å². The fourth-order valence-corrected chi connectivity index (χ4v) is 6.46. The summed E-state index contributed by atoms with van der Waals surface area (Å²) in [5.74, 6) is -1.30. The van der Waals surface area contributed by atoms with Crippen LogP contribution in [0, 0.1) is 23.5 Å². The van der Waals surface area contributed by atoms with Gasteiger partial charge in [0.1, 0.15) is 22.8 Å². The van der Waals surface area contributed by atoms with Gasteiger partial charge in [-0.1, -0.05) is 11.6 Å². The van der Waals surface area contributed by atoms with E-state index in [0.717, 1.165) is 0 Å². The summed E-state index contributed by atoms with van der Waals surface area (Å²) < 4.78 is 31.9. The smallest absolute Gasteiger partial charge is 0.274 e. The van der Waals surface area contributed by atoms with Crippen LogP contribution < -0.4 is 10.6 Å². The van der Waals surface area contributed by atoms with Crippen LogP contribution >= 0.6 is 11.6 Å². The molecule has 0 saturated heterocycles. The number of benzene rings is 1. The van der Waals surface area contributed by atoms with E-state index in [2.05, 4.69) is 20.7 Å². The van der Waals surface area contributed by atoms with Crippen molar-refractivity contribution in [3.8, 4) is 0 Å². The molecule has 2 saturated carbocycles. The van der Waals surface area contributed by atoms with Crippen LogP contribution in [-0.4, -0.2) is 47.6 Å². The number of hydrogen-bond acceptors (Lipinski definition) is 6. The lowest BCUT2D eigenvalue weighted by Crippen LogP contribution is -2.30. The highest BCUT2D eigenvalue weighted by molar-refractivity contribution is 6.31. The average molecular weight is 563 g/mol. The van der Waals surface area contributed by atoms with Crippen LogP contribution in [0.3, 0.4) is 0 Å². The molecule has 2 heterocycles. The van der Waals surface area contributed by atoms with Gasteiger partial charge in [-0.05, 0) is 69.6 Å². The number of rotatable bonds is 7. The molecule has 2 aliphatic rings. The fourth-order valence-electron chi connectivity index (χ4n) is 6.28. The molecule has 0 radical (unpaired) electrons. The topological polar surface area (TPSA) is 117 Å². The number of halogens is 3. The number of amides is 1. The molecule has 2 aliphatic carbocycles. The third-order valence-corrected chi connectivity index (χ3v) is 8.19. The van der Waals surface area contributed by atoms with Crippen LogP contribution in [-0.2, 0) is 19.7 Å². The molecule has 3 aromatic rings. The molecule has 2 fully saturated rings. The van der Waals surface area contributed by atoms with E-state index in [0.29, 0.717) is 42.8 Å². The summed E-state index contributed by atoms with van der Waals surface area (Å²) in [6.45, 7) is 3.33. The third-order valence-electron chi connectivity index (χ3n) is 7.90. The molecule has 9 nitrogen and oxygen atoms in total. The predicted octanol–water partition coefficient (Wildman–Crippen LogP) is 4.31. The highest BCUT2D eigenvalue weighted by Gasteiger charge is 2.53. The minimum absolute atomic E-state index is 0.00343. The van der Waals surface area contributed by atoms with Crippen LogP contribution in [0.4, 0.5) is 20.3 Å². The van der Waals surface area contributed by atoms with Gasteiger partial charge in [0.15, 0.2) is 11.6 Å². The summed E-state index contributed by atoms with van der Waals surface area (Å²) in [4.78, 5) is 17.7. The van der Waals surface area contributed by atoms with Gasteiger partial charge in [0, 0.05) is 32.2 Å². The van der Waals surface area contributed by atoms with Gasteiger partial charge in [-0.2, -0.15) is 5.10 Å². The maximum atomic E-state index is 15.4. The number of carbonyl (C=O) groups excluding carboxylic acids is 1. The van der Waals surface area contributed by atoms with Gasteiger partial charge in [-0.15, -0.1) is 0 Å². The second-order valence-corrected chi connectivity index (χ2v) is 12.0. The number of imidazole rings is 1. The van der Waals surface area contributed by atoms with E-state index in [1.165, 1.54) is 22.9 Å². The normalized spacial score (nSPS) is 24.7. The van der Waals surface area contributed by atoms with E-state index in [-0.39, 0.29) is 46.7 Å². The lowest BCUT2D eigenvalue weighted by molar-refractivity contribution is 0.0228. The Morgan fingerprint density at radius 2 is 1.90 bits per heavy atom. The molecule has 5 rings (SSSR count). The molecule has 1 aromatic carbocycles. The second-order valence-electron chi connectivity index (χ2n) is 11.6. The fraction of sp³-hybridized carbons (Fsp3) is 0.519. The van der Waals surface area contributed by atoms with Crippen LogP contribution in [0.5, 0.6) is 0 Å². The number of anilines is 2. The predicted molar refractivity (Wildman–Crippen MR) is 143 cm³/mol. The van der Waals surface area contributed by atoms with Crippen LogP contribution in [0.25, 0.3) is 0 Å². The molecule has 210 valence electrons. The minimum atomic E-state index is -1.37. The van der Waals surface area contributed by atoms with Crippen LogP contribution in [0.2, 0.25) is 5.02 Å². The van der Waals surface area contributed by atoms with E-state index in [4.69, 9.17) is 11.6 Å². The lowest BCUT2D eigenvalue weighted by atomic mass is 9.90. The summed E-state index contributed by atoms with van der Waals surface area (Å²) >= 11 is 5.86. The standard InChI is InChI=1S/C27H33ClF2N6O3/c1-26(2,38)12-31-24-20(30)23(36(4)34-24)27(39)10-15-7-14(8-16(15)11-27)21-22(35(3)13-32-21)25(37)33-17-5-6-19(29)18(28)9-17/h5-6,9,13-16,38-39H,7-8,10-12H2,1-4H3,(H,31,34)(H,33,37). The number of nitrogens with one attached hydrogen (secondary N) is 2. The monoisotopic (exact) mass is 562 g/mol. The number of aliphatic hydroxyl groups is 2. The first-order chi connectivity index (χ1) is 18.3. The molecule has 4 N–H and O–H groups in total. The van der Waals surface area contributed by atoms with Gasteiger partial charge in [0.05, 0.1) is 22.6 Å². The Balaban J connectivity index is 1.30. The molecule has 12 heteroatoms. The zero-order chi connectivity index (χ0) is 28.3. The van der Waals surface area contributed by atoms with Crippen molar-refractivity contribution in [1.82, 2.24) is 19.3 Å². The Morgan fingerprint density at radius 3 is 2.51 bits per heavy atom. The van der Waals surface area contributed by atoms with Crippen molar-refractivity contribution >= 4 is 29.0 Å².